The predicted octanol–water partition coefficient (Wildman–Crippen LogP) is 4.71. The van der Waals surface area contributed by atoms with Gasteiger partial charge in [-0.3, -0.25) is 4.79 Å². The highest BCUT2D eigenvalue weighted by molar-refractivity contribution is 9.10. The molecule has 2 aromatic rings. The molecule has 132 valence electrons. The molecule has 0 aromatic heterocycles. The second-order valence-corrected chi connectivity index (χ2v) is 6.76. The van der Waals surface area contributed by atoms with Crippen molar-refractivity contribution < 1.29 is 19.1 Å². The third kappa shape index (κ3) is 6.23. The van der Waals surface area contributed by atoms with Gasteiger partial charge in [-0.2, -0.15) is 0 Å². The van der Waals surface area contributed by atoms with E-state index in [-0.39, 0.29) is 5.02 Å². The number of carbonyl (C=O) groups is 2. The van der Waals surface area contributed by atoms with Crippen LogP contribution in [-0.4, -0.2) is 24.6 Å². The summed E-state index contributed by atoms with van der Waals surface area (Å²) >= 11 is 15.1. The molecule has 5 nitrogen and oxygen atoms in total. The van der Waals surface area contributed by atoms with Crippen LogP contribution in [0.4, 0.5) is 5.69 Å². The minimum absolute atomic E-state index is 0.278. The molecule has 1 atom stereocenters. The van der Waals surface area contributed by atoms with Gasteiger partial charge in [0.15, 0.2) is 12.7 Å². The Morgan fingerprint density at radius 2 is 1.84 bits per heavy atom. The summed E-state index contributed by atoms with van der Waals surface area (Å²) in [6, 6.07) is 11.7. The predicted molar refractivity (Wildman–Crippen MR) is 100 cm³/mol. The minimum atomic E-state index is -0.931. The molecule has 0 bridgehead atoms. The topological polar surface area (TPSA) is 64.6 Å². The molecular formula is C17H14BrCl2NO4. The van der Waals surface area contributed by atoms with Crippen LogP contribution in [-0.2, 0) is 14.3 Å². The lowest BCUT2D eigenvalue weighted by atomic mass is 10.3. The van der Waals surface area contributed by atoms with Crippen LogP contribution < -0.4 is 10.1 Å². The first kappa shape index (κ1) is 19.6. The molecule has 1 amide bonds. The number of benzene rings is 2. The highest BCUT2D eigenvalue weighted by Crippen LogP contribution is 2.28. The number of halogens is 3. The van der Waals surface area contributed by atoms with Crippen molar-refractivity contribution in [3.05, 3.63) is 57.0 Å². The second kappa shape index (κ2) is 9.08. The lowest BCUT2D eigenvalue weighted by Crippen LogP contribution is -2.29. The normalized spacial score (nSPS) is 11.5. The molecule has 0 fully saturated rings. The van der Waals surface area contributed by atoms with Gasteiger partial charge in [0.05, 0.1) is 5.02 Å². The molecule has 2 aromatic carbocycles. The van der Waals surface area contributed by atoms with E-state index in [1.807, 2.05) is 0 Å². The van der Waals surface area contributed by atoms with Crippen molar-refractivity contribution in [3.8, 4) is 5.75 Å². The molecule has 0 saturated heterocycles. The van der Waals surface area contributed by atoms with Crippen LogP contribution in [0, 0.1) is 0 Å². The average Bonchev–Trinajstić information content (AvgIpc) is 2.57. The van der Waals surface area contributed by atoms with Gasteiger partial charge in [0, 0.05) is 15.2 Å². The molecule has 0 unspecified atom stereocenters. The number of rotatable bonds is 6. The van der Waals surface area contributed by atoms with Gasteiger partial charge in [0.1, 0.15) is 5.75 Å². The third-order valence-corrected chi connectivity index (χ3v) is 4.06. The van der Waals surface area contributed by atoms with E-state index in [1.165, 1.54) is 13.0 Å². The molecule has 0 saturated carbocycles. The fraction of sp³-hybridized carbons (Fsp3) is 0.176. The maximum absolute atomic E-state index is 11.9. The average molecular weight is 447 g/mol. The van der Waals surface area contributed by atoms with Crippen LogP contribution >= 0.6 is 39.1 Å². The van der Waals surface area contributed by atoms with Crippen molar-refractivity contribution in [2.24, 2.45) is 0 Å². The SMILES string of the molecule is C[C@H](Oc1ccc(Cl)cc1Cl)C(=O)OCC(=O)Nc1ccc(Br)cc1. The van der Waals surface area contributed by atoms with Gasteiger partial charge in [-0.25, -0.2) is 4.79 Å². The number of amides is 1. The monoisotopic (exact) mass is 445 g/mol. The summed E-state index contributed by atoms with van der Waals surface area (Å²) in [5.41, 5.74) is 0.599. The second-order valence-electron chi connectivity index (χ2n) is 5.00. The van der Waals surface area contributed by atoms with E-state index < -0.39 is 24.6 Å². The lowest BCUT2D eigenvalue weighted by molar-refractivity contribution is -0.153. The maximum Gasteiger partial charge on any atom is 0.347 e. The zero-order chi connectivity index (χ0) is 18.4. The summed E-state index contributed by atoms with van der Waals surface area (Å²) in [6.45, 7) is 1.08. The van der Waals surface area contributed by atoms with Gasteiger partial charge in [-0.1, -0.05) is 39.1 Å². The van der Waals surface area contributed by atoms with E-state index in [0.717, 1.165) is 4.47 Å². The first-order valence-electron chi connectivity index (χ1n) is 7.19. The quantitative estimate of drug-likeness (QED) is 0.653. The van der Waals surface area contributed by atoms with Gasteiger partial charge < -0.3 is 14.8 Å². The molecule has 0 spiro atoms. The summed E-state index contributed by atoms with van der Waals surface area (Å²) < 4.78 is 11.3. The zero-order valence-electron chi connectivity index (χ0n) is 13.1. The molecule has 1 N–H and O–H groups in total. The fourth-order valence-electron chi connectivity index (χ4n) is 1.79. The summed E-state index contributed by atoms with van der Waals surface area (Å²) in [5, 5.41) is 3.35. The van der Waals surface area contributed by atoms with Gasteiger partial charge in [-0.05, 0) is 49.4 Å². The van der Waals surface area contributed by atoms with Crippen molar-refractivity contribution in [1.29, 1.82) is 0 Å². The van der Waals surface area contributed by atoms with Crippen LogP contribution in [0.3, 0.4) is 0 Å². The van der Waals surface area contributed by atoms with E-state index in [4.69, 9.17) is 32.7 Å². The number of carbonyl (C=O) groups excluding carboxylic acids is 2. The van der Waals surface area contributed by atoms with Crippen LogP contribution in [0.25, 0.3) is 0 Å². The smallest absolute Gasteiger partial charge is 0.347 e. The fourth-order valence-corrected chi connectivity index (χ4v) is 2.51. The Morgan fingerprint density at radius 3 is 2.48 bits per heavy atom. The largest absolute Gasteiger partial charge is 0.477 e. The Bertz CT molecular complexity index is 768. The zero-order valence-corrected chi connectivity index (χ0v) is 16.2. The van der Waals surface area contributed by atoms with E-state index in [1.54, 1.807) is 36.4 Å². The molecule has 0 aliphatic carbocycles. The molecule has 25 heavy (non-hydrogen) atoms. The van der Waals surface area contributed by atoms with Crippen molar-refractivity contribution in [2.75, 3.05) is 11.9 Å². The number of esters is 1. The standard InChI is InChI=1S/C17H14BrCl2NO4/c1-10(25-15-7-4-12(19)8-14(15)20)17(23)24-9-16(22)21-13-5-2-11(18)3-6-13/h2-8,10H,9H2,1H3,(H,21,22)/t10-/m0/s1. The summed E-state index contributed by atoms with van der Waals surface area (Å²) in [7, 11) is 0. The van der Waals surface area contributed by atoms with E-state index in [2.05, 4.69) is 21.2 Å². The molecule has 0 radical (unpaired) electrons. The van der Waals surface area contributed by atoms with Crippen LogP contribution in [0.15, 0.2) is 46.9 Å². The minimum Gasteiger partial charge on any atom is -0.477 e. The molecular weight excluding hydrogens is 433 g/mol. The number of anilines is 1. The van der Waals surface area contributed by atoms with Crippen molar-refractivity contribution >= 4 is 56.7 Å². The van der Waals surface area contributed by atoms with Crippen molar-refractivity contribution in [2.45, 2.75) is 13.0 Å². The van der Waals surface area contributed by atoms with Gasteiger partial charge in [0.25, 0.3) is 5.91 Å². The van der Waals surface area contributed by atoms with Crippen LogP contribution in [0.1, 0.15) is 6.92 Å². The highest BCUT2D eigenvalue weighted by atomic mass is 79.9. The van der Waals surface area contributed by atoms with Crippen LogP contribution in [0.5, 0.6) is 5.75 Å². The number of ether oxygens (including phenoxy) is 2. The Labute approximate surface area is 163 Å². The molecule has 0 aliphatic heterocycles. The molecule has 0 heterocycles. The van der Waals surface area contributed by atoms with E-state index >= 15 is 0 Å². The van der Waals surface area contributed by atoms with Crippen molar-refractivity contribution in [3.63, 3.8) is 0 Å². The van der Waals surface area contributed by atoms with Gasteiger partial charge in [-0.15, -0.1) is 0 Å². The third-order valence-electron chi connectivity index (χ3n) is 3.00. The summed E-state index contributed by atoms with van der Waals surface area (Å²) in [6.07, 6.45) is -0.931. The highest BCUT2D eigenvalue weighted by Gasteiger charge is 2.19. The van der Waals surface area contributed by atoms with E-state index in [0.29, 0.717) is 16.5 Å². The first-order valence-corrected chi connectivity index (χ1v) is 8.74. The maximum atomic E-state index is 11.9. The number of hydrogen-bond donors (Lipinski definition) is 1. The summed E-state index contributed by atoms with van der Waals surface area (Å²) in [5.74, 6) is -0.834. The van der Waals surface area contributed by atoms with Crippen LogP contribution in [0.2, 0.25) is 10.0 Å². The van der Waals surface area contributed by atoms with E-state index in [9.17, 15) is 9.59 Å². The summed E-state index contributed by atoms with van der Waals surface area (Å²) in [4.78, 5) is 23.7. The molecule has 0 aliphatic rings. The van der Waals surface area contributed by atoms with Gasteiger partial charge >= 0.3 is 5.97 Å². The Balaban J connectivity index is 1.82. The van der Waals surface area contributed by atoms with Crippen molar-refractivity contribution in [1.82, 2.24) is 0 Å². The number of hydrogen-bond acceptors (Lipinski definition) is 4. The lowest BCUT2D eigenvalue weighted by Gasteiger charge is -2.15. The molecule has 2 rings (SSSR count). The number of nitrogens with one attached hydrogen (secondary N) is 1. The first-order chi connectivity index (χ1) is 11.8. The Morgan fingerprint density at radius 1 is 1.16 bits per heavy atom. The van der Waals surface area contributed by atoms with Gasteiger partial charge in [0.2, 0.25) is 0 Å². The molecule has 8 heteroatoms. The Hall–Kier alpha value is -1.76. The Kier molecular flexibility index (Phi) is 7.11.